The summed E-state index contributed by atoms with van der Waals surface area (Å²) in [4.78, 5) is 0. The number of unbranched alkanes of at least 4 members (excludes halogenated alkanes) is 63. The van der Waals surface area contributed by atoms with Gasteiger partial charge < -0.3 is 5.11 Å². The number of hydrogen-bond donors (Lipinski definition) is 1. The van der Waals surface area contributed by atoms with Crippen LogP contribution in [0.5, 0.6) is 0 Å². The minimum atomic E-state index is 0.375. The summed E-state index contributed by atoms with van der Waals surface area (Å²) in [6.45, 7) is 2.69. The molecule has 0 atom stereocenters. The summed E-state index contributed by atoms with van der Waals surface area (Å²) < 4.78 is 0. The lowest BCUT2D eigenvalue weighted by Gasteiger charge is -2.05. The highest BCUT2D eigenvalue weighted by atomic mass is 16.2. The third kappa shape index (κ3) is 66.0. The van der Waals surface area contributed by atoms with Gasteiger partial charge in [0.2, 0.25) is 0 Å². The normalized spacial score (nSPS) is 11.7. The van der Waals surface area contributed by atoms with E-state index < -0.39 is 0 Å². The molecule has 0 rings (SSSR count). The van der Waals surface area contributed by atoms with E-state index in [9.17, 15) is 0 Å². The Kier molecular flexibility index (Phi) is 65.9. The van der Waals surface area contributed by atoms with Gasteiger partial charge in [-0.25, -0.2) is 0 Å². The van der Waals surface area contributed by atoms with E-state index in [2.05, 4.69) is 6.92 Å². The van der Waals surface area contributed by atoms with Crippen LogP contribution in [0.15, 0.2) is 0 Å². The SMILES string of the molecule is CCCCCCCCCCCCCCCCCCCCCCCCCCCCCCCCCCCCCCCCCCCCCCCCCCCCCCCCCCCCCCCCCCO. The average Bonchev–Trinajstić information content (AvgIpc) is 3.34. The Bertz CT molecular complexity index is 726. The Balaban J connectivity index is 3.07. The van der Waals surface area contributed by atoms with Gasteiger partial charge in [0.25, 0.3) is 0 Å². The molecule has 0 fully saturated rings. The molecule has 0 aromatic heterocycles. The first-order valence-electron chi connectivity index (χ1n) is 33.0. The van der Waals surface area contributed by atoms with E-state index in [1.807, 2.05) is 0 Å². The van der Waals surface area contributed by atoms with Crippen LogP contribution in [-0.2, 0) is 0 Å². The van der Waals surface area contributed by atoms with E-state index >= 15 is 0 Å². The third-order valence-electron chi connectivity index (χ3n) is 16.0. The molecular weight excluding hydrogens is 809 g/mol. The van der Waals surface area contributed by atoms with E-state index in [4.69, 9.17) is 5.11 Å². The Morgan fingerprint density at radius 1 is 0.119 bits per heavy atom. The van der Waals surface area contributed by atoms with Crippen molar-refractivity contribution in [2.75, 3.05) is 6.61 Å². The van der Waals surface area contributed by atoms with Gasteiger partial charge in [0.05, 0.1) is 0 Å². The third-order valence-corrected chi connectivity index (χ3v) is 16.0. The van der Waals surface area contributed by atoms with Crippen molar-refractivity contribution < 1.29 is 5.11 Å². The average molecular weight is 944 g/mol. The molecular formula is C66H134O. The van der Waals surface area contributed by atoms with Crippen LogP contribution in [0.2, 0.25) is 0 Å². The zero-order valence-electron chi connectivity index (χ0n) is 47.4. The molecule has 404 valence electrons. The van der Waals surface area contributed by atoms with E-state index in [1.165, 1.54) is 405 Å². The van der Waals surface area contributed by atoms with Crippen LogP contribution in [0.4, 0.5) is 0 Å². The highest BCUT2D eigenvalue weighted by Crippen LogP contribution is 2.20. The van der Waals surface area contributed by atoms with Crippen LogP contribution in [0.1, 0.15) is 418 Å². The minimum absolute atomic E-state index is 0.375. The van der Waals surface area contributed by atoms with E-state index in [0.717, 1.165) is 6.42 Å². The maximum Gasteiger partial charge on any atom is 0.0431 e. The molecule has 67 heavy (non-hydrogen) atoms. The van der Waals surface area contributed by atoms with Crippen molar-refractivity contribution in [3.05, 3.63) is 0 Å². The van der Waals surface area contributed by atoms with Crippen LogP contribution in [0, 0.1) is 0 Å². The highest BCUT2D eigenvalue weighted by molar-refractivity contribution is 4.56. The molecule has 0 saturated carbocycles. The Hall–Kier alpha value is -0.0400. The van der Waals surface area contributed by atoms with Gasteiger partial charge >= 0.3 is 0 Å². The minimum Gasteiger partial charge on any atom is -0.396 e. The zero-order chi connectivity index (χ0) is 48.0. The largest absolute Gasteiger partial charge is 0.396 e. The van der Waals surface area contributed by atoms with Crippen LogP contribution < -0.4 is 0 Å². The first kappa shape index (κ1) is 67.0. The molecule has 0 amide bonds. The Morgan fingerprint density at radius 3 is 0.269 bits per heavy atom. The first-order chi connectivity index (χ1) is 33.4. The van der Waals surface area contributed by atoms with Crippen LogP contribution in [0.25, 0.3) is 0 Å². The fraction of sp³-hybridized carbons (Fsp3) is 1.00. The van der Waals surface area contributed by atoms with E-state index in [-0.39, 0.29) is 0 Å². The summed E-state index contributed by atoms with van der Waals surface area (Å²) in [5, 5.41) is 8.84. The second-order valence-electron chi connectivity index (χ2n) is 23.0. The van der Waals surface area contributed by atoms with Crippen molar-refractivity contribution in [2.24, 2.45) is 0 Å². The van der Waals surface area contributed by atoms with Gasteiger partial charge in [-0.2, -0.15) is 0 Å². The van der Waals surface area contributed by atoms with Crippen LogP contribution in [-0.4, -0.2) is 11.7 Å². The summed E-state index contributed by atoms with van der Waals surface area (Å²) in [5.74, 6) is 0. The van der Waals surface area contributed by atoms with Gasteiger partial charge in [-0.3, -0.25) is 0 Å². The quantitative estimate of drug-likeness (QED) is 0.0603. The van der Waals surface area contributed by atoms with Crippen molar-refractivity contribution >= 4 is 0 Å². The lowest BCUT2D eigenvalue weighted by Crippen LogP contribution is -1.85. The smallest absolute Gasteiger partial charge is 0.0431 e. The zero-order valence-corrected chi connectivity index (χ0v) is 47.4. The fourth-order valence-electron chi connectivity index (χ4n) is 11.1. The molecule has 0 unspecified atom stereocenters. The van der Waals surface area contributed by atoms with Gasteiger partial charge in [-0.05, 0) is 6.42 Å². The summed E-state index contributed by atoms with van der Waals surface area (Å²) >= 11 is 0. The first-order valence-corrected chi connectivity index (χ1v) is 33.0. The highest BCUT2D eigenvalue weighted by Gasteiger charge is 2.00. The summed E-state index contributed by atoms with van der Waals surface area (Å²) in [6, 6.07) is 0. The van der Waals surface area contributed by atoms with Crippen molar-refractivity contribution in [3.8, 4) is 0 Å². The predicted octanol–water partition coefficient (Wildman–Crippen LogP) is 25.0. The monoisotopic (exact) mass is 943 g/mol. The molecule has 0 bridgehead atoms. The molecule has 0 aliphatic heterocycles. The van der Waals surface area contributed by atoms with Crippen LogP contribution >= 0.6 is 0 Å². The van der Waals surface area contributed by atoms with Crippen molar-refractivity contribution in [3.63, 3.8) is 0 Å². The number of rotatable bonds is 64. The summed E-state index contributed by atoms with van der Waals surface area (Å²) in [7, 11) is 0. The van der Waals surface area contributed by atoms with E-state index in [0.29, 0.717) is 6.61 Å². The molecule has 0 aliphatic rings. The Labute approximate surface area is 427 Å². The van der Waals surface area contributed by atoms with Crippen LogP contribution in [0.3, 0.4) is 0 Å². The molecule has 0 aliphatic carbocycles. The molecule has 1 N–H and O–H groups in total. The molecule has 0 saturated heterocycles. The fourth-order valence-corrected chi connectivity index (χ4v) is 11.1. The molecule has 0 spiro atoms. The summed E-state index contributed by atoms with van der Waals surface area (Å²) in [5.41, 5.74) is 0. The standard InChI is InChI=1S/C66H134O/c1-2-3-4-5-6-7-8-9-10-11-12-13-14-15-16-17-18-19-20-21-22-23-24-25-26-27-28-29-30-31-32-33-34-35-36-37-38-39-40-41-42-43-44-45-46-47-48-49-50-51-52-53-54-55-56-57-58-59-60-61-62-63-64-65-66-67/h67H,2-66H2,1H3. The molecule has 0 aromatic carbocycles. The Morgan fingerprint density at radius 2 is 0.194 bits per heavy atom. The second-order valence-corrected chi connectivity index (χ2v) is 23.0. The van der Waals surface area contributed by atoms with Crippen molar-refractivity contribution in [1.29, 1.82) is 0 Å². The van der Waals surface area contributed by atoms with E-state index in [1.54, 1.807) is 0 Å². The second kappa shape index (κ2) is 66.0. The van der Waals surface area contributed by atoms with Gasteiger partial charge in [0.1, 0.15) is 0 Å². The van der Waals surface area contributed by atoms with Gasteiger partial charge in [-0.15, -0.1) is 0 Å². The number of aliphatic hydroxyl groups excluding tert-OH is 1. The molecule has 1 heteroatoms. The lowest BCUT2D eigenvalue weighted by molar-refractivity contribution is 0.282. The number of hydrogen-bond acceptors (Lipinski definition) is 1. The maximum atomic E-state index is 8.84. The summed E-state index contributed by atoms with van der Waals surface area (Å²) in [6.07, 6.45) is 94.0. The molecule has 0 aromatic rings. The van der Waals surface area contributed by atoms with Crippen molar-refractivity contribution in [2.45, 2.75) is 418 Å². The van der Waals surface area contributed by atoms with Crippen molar-refractivity contribution in [1.82, 2.24) is 0 Å². The topological polar surface area (TPSA) is 20.2 Å². The molecule has 0 heterocycles. The van der Waals surface area contributed by atoms with Gasteiger partial charge in [0, 0.05) is 6.61 Å². The lowest BCUT2D eigenvalue weighted by atomic mass is 10.0. The molecule has 1 nitrogen and oxygen atoms in total. The molecule has 0 radical (unpaired) electrons. The predicted molar refractivity (Wildman–Crippen MR) is 308 cm³/mol. The van der Waals surface area contributed by atoms with Gasteiger partial charge in [-0.1, -0.05) is 411 Å². The maximum absolute atomic E-state index is 8.84. The van der Waals surface area contributed by atoms with Gasteiger partial charge in [0.15, 0.2) is 0 Å². The number of aliphatic hydroxyl groups is 1.